The van der Waals surface area contributed by atoms with Crippen LogP contribution in [0.3, 0.4) is 0 Å². The van der Waals surface area contributed by atoms with Crippen LogP contribution in [0.25, 0.3) is 0 Å². The fourth-order valence-corrected chi connectivity index (χ4v) is 0.615. The van der Waals surface area contributed by atoms with Gasteiger partial charge in [0, 0.05) is 0 Å². The van der Waals surface area contributed by atoms with Gasteiger partial charge in [-0.3, -0.25) is 0 Å². The molecule has 0 aromatic rings. The van der Waals surface area contributed by atoms with Crippen molar-refractivity contribution < 1.29 is 9.84 Å². The van der Waals surface area contributed by atoms with Crippen LogP contribution in [0.2, 0.25) is 0 Å². The summed E-state index contributed by atoms with van der Waals surface area (Å²) in [5.74, 6) is 0.233. The zero-order valence-corrected chi connectivity index (χ0v) is 6.76. The number of unbranched alkanes of at least 4 members (excludes halogenated alkanes) is 2. The van der Waals surface area contributed by atoms with Gasteiger partial charge in [-0.25, -0.2) is 0 Å². The Kier molecular flexibility index (Phi) is 6.03. The Morgan fingerprint density at radius 1 is 1.50 bits per heavy atom. The summed E-state index contributed by atoms with van der Waals surface area (Å²) >= 11 is 0. The van der Waals surface area contributed by atoms with Gasteiger partial charge in [-0.05, 0) is 13.3 Å². The summed E-state index contributed by atoms with van der Waals surface area (Å²) in [6, 6.07) is 0. The zero-order valence-electron chi connectivity index (χ0n) is 6.76. The van der Waals surface area contributed by atoms with E-state index in [2.05, 4.69) is 6.92 Å². The maximum Gasteiger partial charge on any atom is 0.123 e. The van der Waals surface area contributed by atoms with Crippen LogP contribution in [0.1, 0.15) is 33.1 Å². The van der Waals surface area contributed by atoms with Crippen LogP contribution in [0.15, 0.2) is 12.0 Å². The van der Waals surface area contributed by atoms with Crippen molar-refractivity contribution in [2.45, 2.75) is 33.1 Å². The molecule has 1 N–H and O–H groups in total. The fourth-order valence-electron chi connectivity index (χ4n) is 0.615. The third-order valence-corrected chi connectivity index (χ3v) is 1.12. The molecule has 2 heteroatoms. The van der Waals surface area contributed by atoms with Crippen molar-refractivity contribution in [3.63, 3.8) is 0 Å². The molecular formula is C8H16O2. The van der Waals surface area contributed by atoms with E-state index >= 15 is 0 Å². The monoisotopic (exact) mass is 144 g/mol. The lowest BCUT2D eigenvalue weighted by atomic mass is 10.3. The van der Waals surface area contributed by atoms with Crippen LogP contribution in [0, 0.1) is 0 Å². The summed E-state index contributed by atoms with van der Waals surface area (Å²) in [6.07, 6.45) is 4.85. The molecule has 0 saturated carbocycles. The predicted molar refractivity (Wildman–Crippen MR) is 41.9 cm³/mol. The third-order valence-electron chi connectivity index (χ3n) is 1.12. The van der Waals surface area contributed by atoms with E-state index in [0.29, 0.717) is 6.61 Å². The largest absolute Gasteiger partial charge is 0.509 e. The number of aliphatic hydroxyl groups excluding tert-OH is 1. The topological polar surface area (TPSA) is 29.5 Å². The highest BCUT2D eigenvalue weighted by atomic mass is 16.5. The Hall–Kier alpha value is -0.660. The average molecular weight is 144 g/mol. The van der Waals surface area contributed by atoms with Gasteiger partial charge >= 0.3 is 0 Å². The van der Waals surface area contributed by atoms with E-state index in [9.17, 15) is 0 Å². The van der Waals surface area contributed by atoms with Gasteiger partial charge in [0.1, 0.15) is 12.0 Å². The smallest absolute Gasteiger partial charge is 0.123 e. The molecule has 0 spiro atoms. The lowest BCUT2D eigenvalue weighted by Crippen LogP contribution is -1.87. The molecule has 0 bridgehead atoms. The van der Waals surface area contributed by atoms with Gasteiger partial charge in [0.2, 0.25) is 0 Å². The van der Waals surface area contributed by atoms with Gasteiger partial charge in [-0.15, -0.1) is 0 Å². The summed E-state index contributed by atoms with van der Waals surface area (Å²) in [5, 5.41) is 8.65. The first-order valence-electron chi connectivity index (χ1n) is 3.74. The van der Waals surface area contributed by atoms with Crippen LogP contribution < -0.4 is 0 Å². The number of aliphatic hydroxyl groups is 1. The minimum absolute atomic E-state index is 0.233. The third kappa shape index (κ3) is 7.34. The quantitative estimate of drug-likeness (QED) is 0.474. The first kappa shape index (κ1) is 9.34. The number of hydrogen-bond donors (Lipinski definition) is 1. The normalized spacial score (nSPS) is 11.6. The standard InChI is InChI=1S/C8H16O2/c1-3-4-5-6-10-7-8(2)9/h7,9H,3-6H2,1-2H3. The summed E-state index contributed by atoms with van der Waals surface area (Å²) in [7, 11) is 0. The van der Waals surface area contributed by atoms with Crippen molar-refractivity contribution in [1.82, 2.24) is 0 Å². The Bertz CT molecular complexity index is 93.4. The SMILES string of the molecule is CCCCCOC=C(C)O. The van der Waals surface area contributed by atoms with E-state index in [1.807, 2.05) is 0 Å². The molecule has 0 rings (SSSR count). The second-order valence-electron chi connectivity index (χ2n) is 2.34. The second kappa shape index (κ2) is 6.46. The highest BCUT2D eigenvalue weighted by Crippen LogP contribution is 1.95. The molecule has 2 nitrogen and oxygen atoms in total. The number of allylic oxidation sites excluding steroid dienone is 1. The summed E-state index contributed by atoms with van der Waals surface area (Å²) in [4.78, 5) is 0. The predicted octanol–water partition coefficient (Wildman–Crippen LogP) is 2.61. The van der Waals surface area contributed by atoms with Crippen molar-refractivity contribution in [3.05, 3.63) is 12.0 Å². The molecule has 0 aromatic heterocycles. The van der Waals surface area contributed by atoms with E-state index in [1.165, 1.54) is 19.1 Å². The second-order valence-corrected chi connectivity index (χ2v) is 2.34. The molecule has 0 heterocycles. The van der Waals surface area contributed by atoms with Gasteiger partial charge in [0.15, 0.2) is 0 Å². The lowest BCUT2D eigenvalue weighted by Gasteiger charge is -1.98. The van der Waals surface area contributed by atoms with E-state index in [4.69, 9.17) is 9.84 Å². The number of rotatable bonds is 5. The molecule has 0 aliphatic rings. The molecule has 0 fully saturated rings. The fraction of sp³-hybridized carbons (Fsp3) is 0.750. The Morgan fingerprint density at radius 2 is 2.20 bits per heavy atom. The Morgan fingerprint density at radius 3 is 2.70 bits per heavy atom. The zero-order chi connectivity index (χ0) is 7.82. The molecule has 0 atom stereocenters. The van der Waals surface area contributed by atoms with E-state index in [1.54, 1.807) is 6.92 Å². The Labute approximate surface area is 62.5 Å². The molecular weight excluding hydrogens is 128 g/mol. The van der Waals surface area contributed by atoms with Crippen LogP contribution in [0.4, 0.5) is 0 Å². The maximum absolute atomic E-state index is 8.65. The van der Waals surface area contributed by atoms with Crippen molar-refractivity contribution in [2.24, 2.45) is 0 Å². The molecule has 60 valence electrons. The van der Waals surface area contributed by atoms with E-state index < -0.39 is 0 Å². The van der Waals surface area contributed by atoms with E-state index in [-0.39, 0.29) is 5.76 Å². The van der Waals surface area contributed by atoms with Crippen LogP contribution in [0.5, 0.6) is 0 Å². The first-order valence-corrected chi connectivity index (χ1v) is 3.74. The first-order chi connectivity index (χ1) is 4.77. The minimum Gasteiger partial charge on any atom is -0.509 e. The van der Waals surface area contributed by atoms with Crippen LogP contribution in [-0.2, 0) is 4.74 Å². The molecule has 0 aromatic carbocycles. The van der Waals surface area contributed by atoms with Gasteiger partial charge in [0.05, 0.1) is 6.61 Å². The molecule has 0 amide bonds. The summed E-state index contributed by atoms with van der Waals surface area (Å²) in [5.41, 5.74) is 0. The van der Waals surface area contributed by atoms with Crippen LogP contribution in [-0.4, -0.2) is 11.7 Å². The molecule has 10 heavy (non-hydrogen) atoms. The van der Waals surface area contributed by atoms with Crippen molar-refractivity contribution in [2.75, 3.05) is 6.61 Å². The maximum atomic E-state index is 8.65. The number of hydrogen-bond acceptors (Lipinski definition) is 2. The highest BCUT2D eigenvalue weighted by molar-refractivity contribution is 4.76. The number of ether oxygens (including phenoxy) is 1. The van der Waals surface area contributed by atoms with Crippen molar-refractivity contribution >= 4 is 0 Å². The van der Waals surface area contributed by atoms with Gasteiger partial charge in [0.25, 0.3) is 0 Å². The van der Waals surface area contributed by atoms with Crippen LogP contribution >= 0.6 is 0 Å². The van der Waals surface area contributed by atoms with Gasteiger partial charge in [-0.2, -0.15) is 0 Å². The molecule has 0 aliphatic heterocycles. The molecule has 0 radical (unpaired) electrons. The van der Waals surface area contributed by atoms with Crippen molar-refractivity contribution in [1.29, 1.82) is 0 Å². The van der Waals surface area contributed by atoms with E-state index in [0.717, 1.165) is 6.42 Å². The summed E-state index contributed by atoms with van der Waals surface area (Å²) < 4.78 is 4.99. The molecule has 0 aliphatic carbocycles. The molecule has 0 unspecified atom stereocenters. The average Bonchev–Trinajstić information content (AvgIpc) is 1.87. The highest BCUT2D eigenvalue weighted by Gasteiger charge is 1.84. The lowest BCUT2D eigenvalue weighted by molar-refractivity contribution is 0.223. The van der Waals surface area contributed by atoms with Crippen molar-refractivity contribution in [3.8, 4) is 0 Å². The van der Waals surface area contributed by atoms with Gasteiger partial charge in [-0.1, -0.05) is 19.8 Å². The molecule has 0 saturated heterocycles. The minimum atomic E-state index is 0.233. The summed E-state index contributed by atoms with van der Waals surface area (Å²) in [6.45, 7) is 4.46. The van der Waals surface area contributed by atoms with Gasteiger partial charge < -0.3 is 9.84 Å². The Balaban J connectivity index is 2.98.